The van der Waals surface area contributed by atoms with E-state index in [1.165, 1.54) is 11.3 Å². The minimum Gasteiger partial charge on any atom is -0.481 e. The zero-order valence-electron chi connectivity index (χ0n) is 14.3. The van der Waals surface area contributed by atoms with E-state index in [0.29, 0.717) is 17.7 Å². The molecule has 0 aromatic carbocycles. The van der Waals surface area contributed by atoms with Crippen LogP contribution in [0.4, 0.5) is 0 Å². The number of carboxylic acids is 1. The van der Waals surface area contributed by atoms with Gasteiger partial charge in [0.2, 0.25) is 5.91 Å². The summed E-state index contributed by atoms with van der Waals surface area (Å²) < 4.78 is 1.73. The Balaban J connectivity index is 1.60. The van der Waals surface area contributed by atoms with Gasteiger partial charge in [-0.25, -0.2) is 0 Å². The number of nitrogens with one attached hydrogen (secondary N) is 2. The van der Waals surface area contributed by atoms with Gasteiger partial charge in [0, 0.05) is 19.0 Å². The summed E-state index contributed by atoms with van der Waals surface area (Å²) in [6, 6.07) is 1.02. The molecule has 3 N–H and O–H groups in total. The van der Waals surface area contributed by atoms with Gasteiger partial charge in [0.1, 0.15) is 10.9 Å². The molecule has 134 valence electrons. The van der Waals surface area contributed by atoms with Crippen molar-refractivity contribution in [2.75, 3.05) is 6.54 Å². The molecule has 1 atom stereocenters. The molecule has 2 aromatic heterocycles. The fourth-order valence-corrected chi connectivity index (χ4v) is 3.70. The van der Waals surface area contributed by atoms with Crippen molar-refractivity contribution in [2.24, 2.45) is 12.5 Å². The van der Waals surface area contributed by atoms with Crippen LogP contribution < -0.4 is 10.6 Å². The predicted molar refractivity (Wildman–Crippen MR) is 92.6 cm³/mol. The fraction of sp³-hybridized carbons (Fsp3) is 0.500. The maximum Gasteiger partial charge on any atom is 0.311 e. The van der Waals surface area contributed by atoms with E-state index in [4.69, 9.17) is 5.11 Å². The number of aliphatic carboxylic acids is 1. The van der Waals surface area contributed by atoms with Crippen molar-refractivity contribution in [2.45, 2.75) is 32.7 Å². The van der Waals surface area contributed by atoms with Gasteiger partial charge in [-0.3, -0.25) is 19.1 Å². The molecule has 0 bridgehead atoms. The van der Waals surface area contributed by atoms with Crippen LogP contribution in [0.3, 0.4) is 0 Å². The molecule has 2 amide bonds. The Bertz CT molecular complexity index is 830. The smallest absolute Gasteiger partial charge is 0.311 e. The minimum atomic E-state index is -0.890. The standard InChI is InChI=1S/C16H20N4O4S/c1-8-10-6-11(25-14(10)20(3)19-8)13(22)18-9(2)12(21)17-7-16(4-5-16)15(23)24/h6,9H,4-5,7H2,1-3H3,(H,17,21)(H,18,22)(H,23,24). The van der Waals surface area contributed by atoms with Gasteiger partial charge in [-0.2, -0.15) is 5.10 Å². The Hall–Kier alpha value is -2.42. The Morgan fingerprint density at radius 3 is 2.68 bits per heavy atom. The van der Waals surface area contributed by atoms with Crippen LogP contribution in [-0.4, -0.2) is 45.3 Å². The van der Waals surface area contributed by atoms with Gasteiger partial charge in [0.15, 0.2) is 0 Å². The summed E-state index contributed by atoms with van der Waals surface area (Å²) in [5.41, 5.74) is 0.0251. The molecule has 0 radical (unpaired) electrons. The number of hydrogen-bond donors (Lipinski definition) is 3. The van der Waals surface area contributed by atoms with E-state index in [0.717, 1.165) is 15.9 Å². The van der Waals surface area contributed by atoms with Crippen molar-refractivity contribution in [3.8, 4) is 0 Å². The Kier molecular flexibility index (Phi) is 4.28. The van der Waals surface area contributed by atoms with E-state index in [1.54, 1.807) is 17.7 Å². The number of fused-ring (bicyclic) bond motifs is 1. The third-order valence-electron chi connectivity index (χ3n) is 4.57. The first-order chi connectivity index (χ1) is 11.7. The Morgan fingerprint density at radius 2 is 2.12 bits per heavy atom. The summed E-state index contributed by atoms with van der Waals surface area (Å²) in [6.45, 7) is 3.55. The van der Waals surface area contributed by atoms with Gasteiger partial charge >= 0.3 is 5.97 Å². The van der Waals surface area contributed by atoms with E-state index in [9.17, 15) is 14.4 Å². The normalized spacial score (nSPS) is 16.4. The third kappa shape index (κ3) is 3.23. The molecule has 0 aliphatic heterocycles. The number of nitrogens with zero attached hydrogens (tertiary/aromatic N) is 2. The van der Waals surface area contributed by atoms with Crippen molar-refractivity contribution >= 4 is 39.3 Å². The Morgan fingerprint density at radius 1 is 1.44 bits per heavy atom. The van der Waals surface area contributed by atoms with Gasteiger partial charge in [-0.1, -0.05) is 0 Å². The molecule has 0 spiro atoms. The Labute approximate surface area is 148 Å². The van der Waals surface area contributed by atoms with Crippen LogP contribution in [0.5, 0.6) is 0 Å². The first kappa shape index (κ1) is 17.4. The average molecular weight is 364 g/mol. The maximum absolute atomic E-state index is 12.4. The summed E-state index contributed by atoms with van der Waals surface area (Å²) in [4.78, 5) is 37.0. The summed E-state index contributed by atoms with van der Waals surface area (Å²) in [7, 11) is 1.82. The zero-order chi connectivity index (χ0) is 18.4. The summed E-state index contributed by atoms with van der Waals surface area (Å²) in [5, 5.41) is 19.6. The molecule has 2 aromatic rings. The molecule has 2 heterocycles. The molecule has 0 saturated heterocycles. The molecule has 9 heteroatoms. The van der Waals surface area contributed by atoms with E-state index in [1.807, 2.05) is 14.0 Å². The van der Waals surface area contributed by atoms with Crippen LogP contribution in [0.2, 0.25) is 0 Å². The van der Waals surface area contributed by atoms with E-state index in [2.05, 4.69) is 15.7 Å². The molecular formula is C16H20N4O4S. The maximum atomic E-state index is 12.4. The highest BCUT2D eigenvalue weighted by molar-refractivity contribution is 7.20. The SMILES string of the molecule is Cc1nn(C)c2sc(C(=O)NC(C)C(=O)NCC3(C(=O)O)CC3)cc12. The summed E-state index contributed by atoms with van der Waals surface area (Å²) >= 11 is 1.32. The van der Waals surface area contributed by atoms with Gasteiger partial charge in [-0.05, 0) is 32.8 Å². The van der Waals surface area contributed by atoms with E-state index in [-0.39, 0.29) is 18.4 Å². The van der Waals surface area contributed by atoms with Gasteiger partial charge in [0.25, 0.3) is 5.91 Å². The highest BCUT2D eigenvalue weighted by atomic mass is 32.1. The number of carbonyl (C=O) groups excluding carboxylic acids is 2. The van der Waals surface area contributed by atoms with Crippen molar-refractivity contribution in [1.82, 2.24) is 20.4 Å². The largest absolute Gasteiger partial charge is 0.481 e. The second kappa shape index (κ2) is 6.14. The number of rotatable bonds is 6. The second-order valence-electron chi connectivity index (χ2n) is 6.54. The van der Waals surface area contributed by atoms with Crippen molar-refractivity contribution < 1.29 is 19.5 Å². The fourth-order valence-electron chi connectivity index (χ4n) is 2.68. The van der Waals surface area contributed by atoms with E-state index >= 15 is 0 Å². The highest BCUT2D eigenvalue weighted by Gasteiger charge is 2.50. The second-order valence-corrected chi connectivity index (χ2v) is 7.57. The molecular weight excluding hydrogens is 344 g/mol. The highest BCUT2D eigenvalue weighted by Crippen LogP contribution is 2.45. The van der Waals surface area contributed by atoms with Crippen LogP contribution >= 0.6 is 11.3 Å². The number of hydrogen-bond acceptors (Lipinski definition) is 5. The number of aromatic nitrogens is 2. The van der Waals surface area contributed by atoms with Gasteiger partial charge in [-0.15, -0.1) is 11.3 Å². The number of aryl methyl sites for hydroxylation is 2. The average Bonchev–Trinajstić information content (AvgIpc) is 3.13. The molecule has 3 rings (SSSR count). The van der Waals surface area contributed by atoms with Crippen LogP contribution in [0.1, 0.15) is 35.1 Å². The van der Waals surface area contributed by atoms with Crippen molar-refractivity contribution in [3.05, 3.63) is 16.6 Å². The van der Waals surface area contributed by atoms with E-state index < -0.39 is 17.4 Å². The summed E-state index contributed by atoms with van der Waals surface area (Å²) in [6.07, 6.45) is 1.14. The first-order valence-corrected chi connectivity index (χ1v) is 8.80. The lowest BCUT2D eigenvalue weighted by molar-refractivity contribution is -0.143. The van der Waals surface area contributed by atoms with Crippen LogP contribution in [-0.2, 0) is 16.6 Å². The predicted octanol–water partition coefficient (Wildman–Crippen LogP) is 1.04. The topological polar surface area (TPSA) is 113 Å². The van der Waals surface area contributed by atoms with Crippen LogP contribution in [0, 0.1) is 12.3 Å². The first-order valence-electron chi connectivity index (χ1n) is 7.98. The lowest BCUT2D eigenvalue weighted by Gasteiger charge is -2.16. The molecule has 1 aliphatic rings. The molecule has 8 nitrogen and oxygen atoms in total. The molecule has 1 unspecified atom stereocenters. The minimum absolute atomic E-state index is 0.0924. The molecule has 1 saturated carbocycles. The monoisotopic (exact) mass is 364 g/mol. The molecule has 25 heavy (non-hydrogen) atoms. The van der Waals surface area contributed by atoms with Crippen molar-refractivity contribution in [3.63, 3.8) is 0 Å². The van der Waals surface area contributed by atoms with Crippen LogP contribution in [0.25, 0.3) is 10.2 Å². The van der Waals surface area contributed by atoms with Gasteiger partial charge in [0.05, 0.1) is 16.0 Å². The number of carboxylic acid groups (broad SMARTS) is 1. The quantitative estimate of drug-likeness (QED) is 0.709. The number of amides is 2. The summed E-state index contributed by atoms with van der Waals surface area (Å²) in [5.74, 6) is -1.61. The van der Waals surface area contributed by atoms with Crippen molar-refractivity contribution in [1.29, 1.82) is 0 Å². The van der Waals surface area contributed by atoms with Gasteiger partial charge < -0.3 is 15.7 Å². The lowest BCUT2D eigenvalue weighted by Crippen LogP contribution is -2.46. The number of thiophene rings is 1. The molecule has 1 aliphatic carbocycles. The molecule has 1 fully saturated rings. The number of carbonyl (C=O) groups is 3. The van der Waals surface area contributed by atoms with Crippen LogP contribution in [0.15, 0.2) is 6.07 Å². The zero-order valence-corrected chi connectivity index (χ0v) is 15.1. The lowest BCUT2D eigenvalue weighted by atomic mass is 10.1. The third-order valence-corrected chi connectivity index (χ3v) is 5.77.